The van der Waals surface area contributed by atoms with Crippen LogP contribution in [0.1, 0.15) is 13.8 Å². The number of terminal acetylenes is 3. The predicted octanol–water partition coefficient (Wildman–Crippen LogP) is 1.57. The summed E-state index contributed by atoms with van der Waals surface area (Å²) in [5, 5.41) is 0. The zero-order valence-electron chi connectivity index (χ0n) is 10.0. The van der Waals surface area contributed by atoms with Gasteiger partial charge in [0, 0.05) is 0 Å². The first-order chi connectivity index (χ1) is 7.78. The van der Waals surface area contributed by atoms with Crippen LogP contribution >= 0.6 is 7.14 Å². The van der Waals surface area contributed by atoms with Gasteiger partial charge in [0.1, 0.15) is 13.3 Å². The molecule has 90 valence electrons. The van der Waals surface area contributed by atoms with Crippen LogP contribution in [-0.2, 0) is 14.1 Å². The molecule has 0 aliphatic heterocycles. The molecule has 0 radical (unpaired) electrons. The van der Waals surface area contributed by atoms with E-state index >= 15 is 0 Å². The summed E-state index contributed by atoms with van der Waals surface area (Å²) in [6.07, 6.45) is 15.1. The molecule has 4 heteroatoms. The highest BCUT2D eigenvalue weighted by molar-refractivity contribution is 7.65. The monoisotopic (exact) mass is 250 g/mol. The van der Waals surface area contributed by atoms with Crippen LogP contribution in [0, 0.1) is 37.0 Å². The SMILES string of the molecule is C#CCP(=O)(CC#C)CC(=O)OC(C)(C)C#C. The van der Waals surface area contributed by atoms with E-state index in [2.05, 4.69) is 17.8 Å². The van der Waals surface area contributed by atoms with Gasteiger partial charge in [-0.25, -0.2) is 0 Å². The maximum absolute atomic E-state index is 12.2. The number of hydrogen-bond acceptors (Lipinski definition) is 3. The largest absolute Gasteiger partial charge is 0.446 e. The van der Waals surface area contributed by atoms with E-state index in [1.807, 2.05) is 0 Å². The lowest BCUT2D eigenvalue weighted by molar-refractivity contribution is -0.148. The van der Waals surface area contributed by atoms with Gasteiger partial charge in [0.25, 0.3) is 0 Å². The van der Waals surface area contributed by atoms with Crippen molar-refractivity contribution in [1.82, 2.24) is 0 Å². The third kappa shape index (κ3) is 5.87. The summed E-state index contributed by atoms with van der Waals surface area (Å²) in [7, 11) is -2.89. The Bertz CT molecular complexity index is 435. The maximum atomic E-state index is 12.2. The van der Waals surface area contributed by atoms with Gasteiger partial charge in [0.05, 0.1) is 12.3 Å². The molecule has 0 unspecified atom stereocenters. The van der Waals surface area contributed by atoms with E-state index in [0.29, 0.717) is 0 Å². The smallest absolute Gasteiger partial charge is 0.314 e. The second-order valence-electron chi connectivity index (χ2n) is 4.07. The average molecular weight is 250 g/mol. The van der Waals surface area contributed by atoms with Gasteiger partial charge in [-0.15, -0.1) is 19.3 Å². The minimum absolute atomic E-state index is 0.0111. The van der Waals surface area contributed by atoms with Crippen molar-refractivity contribution in [3.05, 3.63) is 0 Å². The molecule has 0 aliphatic carbocycles. The fourth-order valence-electron chi connectivity index (χ4n) is 1.08. The van der Waals surface area contributed by atoms with Crippen molar-refractivity contribution in [2.75, 3.05) is 18.5 Å². The predicted molar refractivity (Wildman–Crippen MR) is 68.9 cm³/mol. The number of rotatable bonds is 5. The number of carbonyl (C=O) groups excluding carboxylic acids is 1. The molecular formula is C13H15O3P. The van der Waals surface area contributed by atoms with E-state index in [9.17, 15) is 9.36 Å². The van der Waals surface area contributed by atoms with Gasteiger partial charge in [0.15, 0.2) is 5.60 Å². The zero-order valence-corrected chi connectivity index (χ0v) is 10.9. The molecular weight excluding hydrogens is 235 g/mol. The lowest BCUT2D eigenvalue weighted by Crippen LogP contribution is -2.28. The normalized spacial score (nSPS) is 10.8. The van der Waals surface area contributed by atoms with Crippen LogP contribution in [0.5, 0.6) is 0 Å². The number of hydrogen-bond donors (Lipinski definition) is 0. The number of carbonyl (C=O) groups is 1. The van der Waals surface area contributed by atoms with Gasteiger partial charge in [-0.2, -0.15) is 0 Å². The fraction of sp³-hybridized carbons (Fsp3) is 0.462. The van der Waals surface area contributed by atoms with Gasteiger partial charge < -0.3 is 9.30 Å². The molecule has 3 nitrogen and oxygen atoms in total. The Labute approximate surface area is 103 Å². The van der Waals surface area contributed by atoms with Gasteiger partial charge in [0.2, 0.25) is 0 Å². The summed E-state index contributed by atoms with van der Waals surface area (Å²) < 4.78 is 17.2. The van der Waals surface area contributed by atoms with Gasteiger partial charge in [-0.3, -0.25) is 4.79 Å². The lowest BCUT2D eigenvalue weighted by Gasteiger charge is -2.20. The summed E-state index contributed by atoms with van der Waals surface area (Å²) in [4.78, 5) is 11.6. The minimum Gasteiger partial charge on any atom is -0.446 e. The Morgan fingerprint density at radius 3 is 2.06 bits per heavy atom. The molecule has 0 atom stereocenters. The van der Waals surface area contributed by atoms with Crippen LogP contribution in [0.3, 0.4) is 0 Å². The van der Waals surface area contributed by atoms with E-state index in [1.165, 1.54) is 0 Å². The second kappa shape index (κ2) is 6.20. The molecule has 0 aromatic rings. The van der Waals surface area contributed by atoms with Crippen molar-refractivity contribution >= 4 is 13.1 Å². The molecule has 0 saturated carbocycles. The van der Waals surface area contributed by atoms with Crippen molar-refractivity contribution < 1.29 is 14.1 Å². The average Bonchev–Trinajstić information content (AvgIpc) is 2.16. The highest BCUT2D eigenvalue weighted by atomic mass is 31.2. The summed E-state index contributed by atoms with van der Waals surface area (Å²) in [5.41, 5.74) is -1.02. The molecule has 0 fully saturated rings. The molecule has 0 saturated heterocycles. The first-order valence-corrected chi connectivity index (χ1v) is 7.18. The van der Waals surface area contributed by atoms with Gasteiger partial charge in [-0.05, 0) is 13.8 Å². The quantitative estimate of drug-likeness (QED) is 0.422. The summed E-state index contributed by atoms with van der Waals surface area (Å²) >= 11 is 0. The van der Waals surface area contributed by atoms with E-state index in [-0.39, 0.29) is 18.5 Å². The van der Waals surface area contributed by atoms with Crippen LogP contribution < -0.4 is 0 Å². The van der Waals surface area contributed by atoms with Crippen LogP contribution in [0.15, 0.2) is 0 Å². The van der Waals surface area contributed by atoms with Crippen LogP contribution in [0.4, 0.5) is 0 Å². The van der Waals surface area contributed by atoms with E-state index < -0.39 is 18.7 Å². The third-order valence-electron chi connectivity index (χ3n) is 1.89. The molecule has 17 heavy (non-hydrogen) atoms. The molecule has 0 heterocycles. The van der Waals surface area contributed by atoms with E-state index in [4.69, 9.17) is 24.0 Å². The van der Waals surface area contributed by atoms with Crippen molar-refractivity contribution in [3.8, 4) is 37.0 Å². The summed E-state index contributed by atoms with van der Waals surface area (Å²) in [6.45, 7) is 3.14. The third-order valence-corrected chi connectivity index (χ3v) is 4.25. The van der Waals surface area contributed by atoms with Crippen molar-refractivity contribution in [2.45, 2.75) is 19.4 Å². The topological polar surface area (TPSA) is 43.4 Å². The highest BCUT2D eigenvalue weighted by Gasteiger charge is 2.28. The van der Waals surface area contributed by atoms with E-state index in [0.717, 1.165) is 0 Å². The van der Waals surface area contributed by atoms with Gasteiger partial charge >= 0.3 is 5.97 Å². The van der Waals surface area contributed by atoms with E-state index in [1.54, 1.807) is 13.8 Å². The number of esters is 1. The second-order valence-corrected chi connectivity index (χ2v) is 7.13. The Kier molecular flexibility index (Phi) is 5.61. The molecule has 0 aromatic carbocycles. The molecule has 0 aliphatic rings. The molecule has 0 spiro atoms. The first-order valence-electron chi connectivity index (χ1n) is 4.92. The molecule has 0 aromatic heterocycles. The lowest BCUT2D eigenvalue weighted by atomic mass is 10.1. The Hall–Kier alpha value is -1.62. The van der Waals surface area contributed by atoms with Crippen LogP contribution in [0.25, 0.3) is 0 Å². The van der Waals surface area contributed by atoms with Crippen LogP contribution in [0.2, 0.25) is 0 Å². The molecule has 0 bridgehead atoms. The highest BCUT2D eigenvalue weighted by Crippen LogP contribution is 2.44. The molecule has 0 amide bonds. The van der Waals surface area contributed by atoms with Crippen LogP contribution in [-0.4, -0.2) is 30.1 Å². The van der Waals surface area contributed by atoms with Crippen molar-refractivity contribution in [1.29, 1.82) is 0 Å². The maximum Gasteiger partial charge on any atom is 0.314 e. The standard InChI is InChI=1S/C13H15O3P/c1-6-9-17(15,10-7-2)11-12(14)16-13(4,5)8-3/h1-3H,9-11H2,4-5H3. The minimum atomic E-state index is -2.89. The Morgan fingerprint density at radius 2 is 1.71 bits per heavy atom. The fourth-order valence-corrected chi connectivity index (χ4v) is 2.62. The van der Waals surface area contributed by atoms with Crippen molar-refractivity contribution in [3.63, 3.8) is 0 Å². The Morgan fingerprint density at radius 1 is 1.24 bits per heavy atom. The zero-order chi connectivity index (χ0) is 13.5. The molecule has 0 rings (SSSR count). The number of ether oxygens (including phenoxy) is 1. The summed E-state index contributed by atoms with van der Waals surface area (Å²) in [5.74, 6) is 6.21. The van der Waals surface area contributed by atoms with Gasteiger partial charge in [-0.1, -0.05) is 17.8 Å². The summed E-state index contributed by atoms with van der Waals surface area (Å²) in [6, 6.07) is 0. The first kappa shape index (κ1) is 15.4. The molecule has 0 N–H and O–H groups in total. The van der Waals surface area contributed by atoms with Crippen molar-refractivity contribution in [2.24, 2.45) is 0 Å². The Balaban J connectivity index is 4.67.